The van der Waals surface area contributed by atoms with Crippen molar-refractivity contribution in [1.82, 2.24) is 4.90 Å². The van der Waals surface area contributed by atoms with E-state index in [0.717, 1.165) is 12.8 Å². The van der Waals surface area contributed by atoms with Gasteiger partial charge >= 0.3 is 12.2 Å². The molecule has 1 heterocycles. The van der Waals surface area contributed by atoms with Crippen LogP contribution >= 0.6 is 0 Å². The summed E-state index contributed by atoms with van der Waals surface area (Å²) in [5.41, 5.74) is 0.168. The van der Waals surface area contributed by atoms with Crippen molar-refractivity contribution in [2.75, 3.05) is 25.1 Å². The smallest absolute Gasteiger partial charge is 0.422 e. The zero-order chi connectivity index (χ0) is 17.7. The van der Waals surface area contributed by atoms with Gasteiger partial charge < -0.3 is 20.1 Å². The molecule has 1 saturated heterocycles. The van der Waals surface area contributed by atoms with Crippen LogP contribution in [0.1, 0.15) is 19.8 Å². The molecule has 8 heteroatoms. The van der Waals surface area contributed by atoms with Crippen molar-refractivity contribution >= 4 is 11.7 Å². The SMILES string of the molecule is CC1CCCN(C(=O)Nc2ccccc2OCC(F)(F)F)C1CO. The Balaban J connectivity index is 2.08. The predicted octanol–water partition coefficient (Wildman–Crippen LogP) is 3.25. The van der Waals surface area contributed by atoms with Crippen LogP contribution in [0.25, 0.3) is 0 Å². The zero-order valence-corrected chi connectivity index (χ0v) is 13.3. The Hall–Kier alpha value is -1.96. The topological polar surface area (TPSA) is 61.8 Å². The number of alkyl halides is 3. The van der Waals surface area contributed by atoms with E-state index in [2.05, 4.69) is 5.32 Å². The number of halogens is 3. The number of hydrogen-bond donors (Lipinski definition) is 2. The van der Waals surface area contributed by atoms with Gasteiger partial charge in [0.25, 0.3) is 0 Å². The molecule has 2 amide bonds. The fourth-order valence-corrected chi connectivity index (χ4v) is 2.82. The first-order chi connectivity index (χ1) is 11.3. The second-order valence-electron chi connectivity index (χ2n) is 5.89. The summed E-state index contributed by atoms with van der Waals surface area (Å²) >= 11 is 0. The molecule has 0 saturated carbocycles. The average Bonchev–Trinajstić information content (AvgIpc) is 2.53. The quantitative estimate of drug-likeness (QED) is 0.880. The Bertz CT molecular complexity index is 566. The standard InChI is InChI=1S/C16H21F3N2O3/c1-11-5-4-8-21(13(11)9-22)15(23)20-12-6-2-3-7-14(12)24-10-16(17,18)19/h2-3,6-7,11,13,22H,4-5,8-10H2,1H3,(H,20,23). The highest BCUT2D eigenvalue weighted by atomic mass is 19.4. The molecule has 0 aliphatic carbocycles. The largest absolute Gasteiger partial charge is 0.482 e. The third kappa shape index (κ3) is 4.77. The van der Waals surface area contributed by atoms with Crippen molar-refractivity contribution in [2.24, 2.45) is 5.92 Å². The highest BCUT2D eigenvalue weighted by Gasteiger charge is 2.32. The first-order valence-electron chi connectivity index (χ1n) is 7.79. The number of likely N-dealkylation sites (tertiary alicyclic amines) is 1. The van der Waals surface area contributed by atoms with E-state index in [1.165, 1.54) is 23.1 Å². The molecule has 0 bridgehead atoms. The van der Waals surface area contributed by atoms with Crippen molar-refractivity contribution in [1.29, 1.82) is 0 Å². The van der Waals surface area contributed by atoms with Gasteiger partial charge in [0.1, 0.15) is 5.75 Å². The van der Waals surface area contributed by atoms with Gasteiger partial charge in [-0.05, 0) is 30.9 Å². The zero-order valence-electron chi connectivity index (χ0n) is 13.3. The maximum Gasteiger partial charge on any atom is 0.422 e. The van der Waals surface area contributed by atoms with Crippen molar-refractivity contribution < 1.29 is 27.8 Å². The number of amides is 2. The van der Waals surface area contributed by atoms with E-state index in [-0.39, 0.29) is 30.0 Å². The monoisotopic (exact) mass is 346 g/mol. The number of carbonyl (C=O) groups is 1. The highest BCUT2D eigenvalue weighted by Crippen LogP contribution is 2.28. The Kier molecular flexibility index (Phi) is 5.93. The molecule has 1 aromatic carbocycles. The summed E-state index contributed by atoms with van der Waals surface area (Å²) < 4.78 is 41.7. The number of anilines is 1. The summed E-state index contributed by atoms with van der Waals surface area (Å²) in [5, 5.41) is 12.1. The number of nitrogens with zero attached hydrogens (tertiary/aromatic N) is 1. The van der Waals surface area contributed by atoms with E-state index in [0.29, 0.717) is 6.54 Å². The van der Waals surface area contributed by atoms with E-state index in [1.807, 2.05) is 6.92 Å². The van der Waals surface area contributed by atoms with Crippen molar-refractivity contribution in [3.63, 3.8) is 0 Å². The highest BCUT2D eigenvalue weighted by molar-refractivity contribution is 5.91. The number of urea groups is 1. The first-order valence-corrected chi connectivity index (χ1v) is 7.79. The number of ether oxygens (including phenoxy) is 1. The second-order valence-corrected chi connectivity index (χ2v) is 5.89. The summed E-state index contributed by atoms with van der Waals surface area (Å²) in [6.07, 6.45) is -2.72. The molecule has 2 rings (SSSR count). The number of nitrogens with one attached hydrogen (secondary N) is 1. The Morgan fingerprint density at radius 3 is 2.79 bits per heavy atom. The third-order valence-electron chi connectivity index (χ3n) is 4.08. The van der Waals surface area contributed by atoms with Crippen LogP contribution in [-0.2, 0) is 0 Å². The molecule has 1 aromatic rings. The number of carbonyl (C=O) groups excluding carboxylic acids is 1. The van der Waals surface area contributed by atoms with E-state index < -0.39 is 18.8 Å². The van der Waals surface area contributed by atoms with Crippen LogP contribution < -0.4 is 10.1 Å². The summed E-state index contributed by atoms with van der Waals surface area (Å²) in [6, 6.07) is 5.21. The van der Waals surface area contributed by atoms with Crippen LogP contribution in [-0.4, -0.2) is 48.0 Å². The fraction of sp³-hybridized carbons (Fsp3) is 0.562. The van der Waals surface area contributed by atoms with Crippen LogP contribution in [0.3, 0.4) is 0 Å². The molecule has 1 aliphatic rings. The lowest BCUT2D eigenvalue weighted by Crippen LogP contribution is -2.51. The van der Waals surface area contributed by atoms with Crippen molar-refractivity contribution in [2.45, 2.75) is 32.0 Å². The fourth-order valence-electron chi connectivity index (χ4n) is 2.82. The summed E-state index contributed by atoms with van der Waals surface area (Å²) in [7, 11) is 0. The summed E-state index contributed by atoms with van der Waals surface area (Å²) in [6.45, 7) is 0.869. The minimum Gasteiger partial charge on any atom is -0.482 e. The normalized spacial score (nSPS) is 21.5. The Labute approximate surface area is 138 Å². The lowest BCUT2D eigenvalue weighted by molar-refractivity contribution is -0.153. The van der Waals surface area contributed by atoms with Crippen LogP contribution in [0.4, 0.5) is 23.7 Å². The van der Waals surface area contributed by atoms with Gasteiger partial charge in [-0.2, -0.15) is 13.2 Å². The molecule has 1 aliphatic heterocycles. The van der Waals surface area contributed by atoms with E-state index in [9.17, 15) is 23.1 Å². The van der Waals surface area contributed by atoms with Gasteiger partial charge in [-0.25, -0.2) is 4.79 Å². The van der Waals surface area contributed by atoms with Crippen LogP contribution in [0.5, 0.6) is 5.75 Å². The van der Waals surface area contributed by atoms with Gasteiger partial charge in [-0.15, -0.1) is 0 Å². The minimum absolute atomic E-state index is 0.0474. The van der Waals surface area contributed by atoms with Crippen LogP contribution in [0.2, 0.25) is 0 Å². The molecule has 2 N–H and O–H groups in total. The molecule has 2 atom stereocenters. The van der Waals surface area contributed by atoms with Gasteiger partial charge in [0, 0.05) is 6.54 Å². The van der Waals surface area contributed by atoms with Gasteiger partial charge in [0.15, 0.2) is 6.61 Å². The maximum atomic E-state index is 12.5. The summed E-state index contributed by atoms with van der Waals surface area (Å²) in [5.74, 6) is 0.111. The lowest BCUT2D eigenvalue weighted by atomic mass is 9.91. The molecule has 2 unspecified atom stereocenters. The molecule has 5 nitrogen and oxygen atoms in total. The van der Waals surface area contributed by atoms with Crippen molar-refractivity contribution in [3.8, 4) is 5.75 Å². The number of para-hydroxylation sites is 2. The van der Waals surface area contributed by atoms with Crippen LogP contribution in [0, 0.1) is 5.92 Å². The third-order valence-corrected chi connectivity index (χ3v) is 4.08. The number of aliphatic hydroxyl groups is 1. The maximum absolute atomic E-state index is 12.5. The van der Waals surface area contributed by atoms with E-state index >= 15 is 0 Å². The number of aliphatic hydroxyl groups excluding tert-OH is 1. The van der Waals surface area contributed by atoms with Crippen molar-refractivity contribution in [3.05, 3.63) is 24.3 Å². The molecular formula is C16H21F3N2O3. The second kappa shape index (κ2) is 7.74. The molecule has 0 aromatic heterocycles. The Morgan fingerprint density at radius 1 is 1.42 bits per heavy atom. The lowest BCUT2D eigenvalue weighted by Gasteiger charge is -2.38. The molecule has 0 spiro atoms. The molecule has 1 fully saturated rings. The van der Waals surface area contributed by atoms with Gasteiger partial charge in [-0.1, -0.05) is 19.1 Å². The Morgan fingerprint density at radius 2 is 2.12 bits per heavy atom. The molecular weight excluding hydrogens is 325 g/mol. The first kappa shape index (κ1) is 18.4. The van der Waals surface area contributed by atoms with Gasteiger partial charge in [0.05, 0.1) is 18.3 Å². The van der Waals surface area contributed by atoms with Gasteiger partial charge in [-0.3, -0.25) is 0 Å². The number of rotatable bonds is 4. The molecule has 0 radical (unpaired) electrons. The average molecular weight is 346 g/mol. The van der Waals surface area contributed by atoms with E-state index in [1.54, 1.807) is 6.07 Å². The van der Waals surface area contributed by atoms with Crippen LogP contribution in [0.15, 0.2) is 24.3 Å². The summed E-state index contributed by atoms with van der Waals surface area (Å²) in [4.78, 5) is 14.0. The van der Waals surface area contributed by atoms with Gasteiger partial charge in [0.2, 0.25) is 0 Å². The number of hydrogen-bond acceptors (Lipinski definition) is 3. The number of benzene rings is 1. The number of piperidine rings is 1. The van der Waals surface area contributed by atoms with E-state index in [4.69, 9.17) is 4.74 Å². The molecule has 134 valence electrons. The molecule has 24 heavy (non-hydrogen) atoms. The predicted molar refractivity (Wildman–Crippen MR) is 83.0 cm³/mol. The minimum atomic E-state index is -4.46.